The van der Waals surface area contributed by atoms with Gasteiger partial charge in [-0.15, -0.1) is 0 Å². The fraction of sp³-hybridized carbons (Fsp3) is 0.600. The molecule has 1 aromatic heterocycles. The van der Waals surface area contributed by atoms with Crippen molar-refractivity contribution in [3.05, 3.63) is 11.8 Å². The third-order valence-corrected chi connectivity index (χ3v) is 2.50. The number of ether oxygens (including phenoxy) is 1. The smallest absolute Gasteiger partial charge is 0.245 e. The summed E-state index contributed by atoms with van der Waals surface area (Å²) in [6.45, 7) is 3.80. The van der Waals surface area contributed by atoms with Crippen molar-refractivity contribution >= 4 is 11.7 Å². The Morgan fingerprint density at radius 3 is 3.25 bits per heavy atom. The molecule has 0 radical (unpaired) electrons. The van der Waals surface area contributed by atoms with E-state index < -0.39 is 0 Å². The molecule has 0 saturated carbocycles. The van der Waals surface area contributed by atoms with Crippen LogP contribution >= 0.6 is 0 Å². The molecule has 0 spiro atoms. The first-order valence-corrected chi connectivity index (χ1v) is 5.46. The maximum Gasteiger partial charge on any atom is 0.245 e. The quantitative estimate of drug-likeness (QED) is 0.670. The van der Waals surface area contributed by atoms with Crippen LogP contribution in [0.5, 0.6) is 0 Å². The van der Waals surface area contributed by atoms with Gasteiger partial charge in [-0.3, -0.25) is 9.89 Å². The molecule has 0 aromatic carbocycles. The van der Waals surface area contributed by atoms with Crippen molar-refractivity contribution in [3.8, 4) is 0 Å². The molecule has 1 aliphatic rings. The standard InChI is InChI=1S/C10H16N4O2/c1-2-7-5-9(14-13-7)12-10(15)8-6-16-4-3-11-8/h5,8,11H,2-4,6H2,1H3,(H2,12,13,14,15). The largest absolute Gasteiger partial charge is 0.378 e. The Labute approximate surface area is 93.8 Å². The van der Waals surface area contributed by atoms with Gasteiger partial charge in [-0.25, -0.2) is 0 Å². The molecule has 0 aliphatic carbocycles. The van der Waals surface area contributed by atoms with Crippen molar-refractivity contribution in [2.24, 2.45) is 0 Å². The molecule has 1 saturated heterocycles. The van der Waals surface area contributed by atoms with Crippen LogP contribution in [0.25, 0.3) is 0 Å². The number of aromatic amines is 1. The lowest BCUT2D eigenvalue weighted by molar-refractivity contribution is -0.120. The molecule has 6 heteroatoms. The van der Waals surface area contributed by atoms with E-state index in [4.69, 9.17) is 4.74 Å². The maximum atomic E-state index is 11.8. The first kappa shape index (κ1) is 11.1. The second kappa shape index (κ2) is 5.09. The lowest BCUT2D eigenvalue weighted by Gasteiger charge is -2.22. The normalized spacial score (nSPS) is 20.7. The van der Waals surface area contributed by atoms with Crippen LogP contribution in [-0.2, 0) is 16.0 Å². The van der Waals surface area contributed by atoms with E-state index in [9.17, 15) is 4.79 Å². The van der Waals surface area contributed by atoms with Crippen molar-refractivity contribution in [2.45, 2.75) is 19.4 Å². The number of anilines is 1. The minimum absolute atomic E-state index is 0.103. The van der Waals surface area contributed by atoms with E-state index >= 15 is 0 Å². The van der Waals surface area contributed by atoms with Crippen molar-refractivity contribution in [1.29, 1.82) is 0 Å². The van der Waals surface area contributed by atoms with Gasteiger partial charge in [0.25, 0.3) is 0 Å². The van der Waals surface area contributed by atoms with Crippen LogP contribution in [0.4, 0.5) is 5.82 Å². The first-order valence-electron chi connectivity index (χ1n) is 5.46. The van der Waals surface area contributed by atoms with E-state index in [0.717, 1.165) is 12.1 Å². The van der Waals surface area contributed by atoms with Crippen molar-refractivity contribution < 1.29 is 9.53 Å². The van der Waals surface area contributed by atoms with Gasteiger partial charge in [0.1, 0.15) is 6.04 Å². The SMILES string of the molecule is CCc1cc(NC(=O)C2COCCN2)n[nH]1. The minimum Gasteiger partial charge on any atom is -0.378 e. The van der Waals surface area contributed by atoms with Gasteiger partial charge in [-0.2, -0.15) is 5.10 Å². The Hall–Kier alpha value is -1.40. The van der Waals surface area contributed by atoms with Crippen LogP contribution in [0, 0.1) is 0 Å². The second-order valence-corrected chi connectivity index (χ2v) is 3.70. The molecule has 1 aromatic rings. The summed E-state index contributed by atoms with van der Waals surface area (Å²) in [4.78, 5) is 11.8. The number of nitrogens with zero attached hydrogens (tertiary/aromatic N) is 1. The summed E-state index contributed by atoms with van der Waals surface area (Å²) < 4.78 is 5.22. The third-order valence-electron chi connectivity index (χ3n) is 2.50. The predicted octanol–water partition coefficient (Wildman–Crippen LogP) is -0.101. The Morgan fingerprint density at radius 2 is 2.62 bits per heavy atom. The number of amides is 1. The summed E-state index contributed by atoms with van der Waals surface area (Å²) in [6, 6.07) is 1.55. The van der Waals surface area contributed by atoms with E-state index in [2.05, 4.69) is 20.8 Å². The molecule has 1 unspecified atom stereocenters. The van der Waals surface area contributed by atoms with Gasteiger partial charge in [-0.1, -0.05) is 6.92 Å². The maximum absolute atomic E-state index is 11.8. The van der Waals surface area contributed by atoms with Crippen LogP contribution in [0.2, 0.25) is 0 Å². The van der Waals surface area contributed by atoms with Crippen LogP contribution in [0.15, 0.2) is 6.07 Å². The average molecular weight is 224 g/mol. The number of H-pyrrole nitrogens is 1. The molecular weight excluding hydrogens is 208 g/mol. The van der Waals surface area contributed by atoms with Gasteiger partial charge in [0.2, 0.25) is 5.91 Å². The number of hydrogen-bond donors (Lipinski definition) is 3. The molecular formula is C10H16N4O2. The van der Waals surface area contributed by atoms with Crippen LogP contribution in [0.3, 0.4) is 0 Å². The number of rotatable bonds is 3. The predicted molar refractivity (Wildman–Crippen MR) is 59.2 cm³/mol. The van der Waals surface area contributed by atoms with Gasteiger partial charge in [0.05, 0.1) is 13.2 Å². The van der Waals surface area contributed by atoms with E-state index in [0.29, 0.717) is 25.6 Å². The van der Waals surface area contributed by atoms with Gasteiger partial charge < -0.3 is 15.4 Å². The second-order valence-electron chi connectivity index (χ2n) is 3.70. The van der Waals surface area contributed by atoms with Crippen LogP contribution in [0.1, 0.15) is 12.6 Å². The molecule has 6 nitrogen and oxygen atoms in total. The monoisotopic (exact) mass is 224 g/mol. The number of carbonyl (C=O) groups is 1. The molecule has 0 bridgehead atoms. The minimum atomic E-state index is -0.282. The zero-order valence-corrected chi connectivity index (χ0v) is 9.25. The molecule has 1 atom stereocenters. The molecule has 16 heavy (non-hydrogen) atoms. The number of hydrogen-bond acceptors (Lipinski definition) is 4. The average Bonchev–Trinajstić information content (AvgIpc) is 2.78. The highest BCUT2D eigenvalue weighted by Crippen LogP contribution is 2.06. The van der Waals surface area contributed by atoms with E-state index in [1.54, 1.807) is 0 Å². The zero-order valence-electron chi connectivity index (χ0n) is 9.25. The molecule has 2 rings (SSSR count). The molecule has 1 amide bonds. The highest BCUT2D eigenvalue weighted by Gasteiger charge is 2.21. The third kappa shape index (κ3) is 2.59. The number of aryl methyl sites for hydroxylation is 1. The highest BCUT2D eigenvalue weighted by atomic mass is 16.5. The van der Waals surface area contributed by atoms with Crippen molar-refractivity contribution in [3.63, 3.8) is 0 Å². The summed E-state index contributed by atoms with van der Waals surface area (Å²) in [5, 5.41) is 12.7. The Morgan fingerprint density at radius 1 is 1.75 bits per heavy atom. The van der Waals surface area contributed by atoms with Crippen molar-refractivity contribution in [1.82, 2.24) is 15.5 Å². The van der Waals surface area contributed by atoms with E-state index in [1.165, 1.54) is 0 Å². The summed E-state index contributed by atoms with van der Waals surface area (Å²) >= 11 is 0. The van der Waals surface area contributed by atoms with Crippen molar-refractivity contribution in [2.75, 3.05) is 25.1 Å². The van der Waals surface area contributed by atoms with E-state index in [1.807, 2.05) is 13.0 Å². The number of carbonyl (C=O) groups excluding carboxylic acids is 1. The van der Waals surface area contributed by atoms with Crippen LogP contribution < -0.4 is 10.6 Å². The van der Waals surface area contributed by atoms with Crippen LogP contribution in [-0.4, -0.2) is 41.9 Å². The first-order chi connectivity index (χ1) is 7.79. The molecule has 1 fully saturated rings. The lowest BCUT2D eigenvalue weighted by atomic mass is 10.2. The Balaban J connectivity index is 1.90. The van der Waals surface area contributed by atoms with Gasteiger partial charge >= 0.3 is 0 Å². The molecule has 2 heterocycles. The fourth-order valence-electron chi connectivity index (χ4n) is 1.55. The van der Waals surface area contributed by atoms with Gasteiger partial charge in [0, 0.05) is 18.3 Å². The van der Waals surface area contributed by atoms with Gasteiger partial charge in [0.15, 0.2) is 5.82 Å². The summed E-state index contributed by atoms with van der Waals surface area (Å²) in [6.07, 6.45) is 0.869. The number of aromatic nitrogens is 2. The number of nitrogens with one attached hydrogen (secondary N) is 3. The highest BCUT2D eigenvalue weighted by molar-refractivity contribution is 5.94. The Bertz CT molecular complexity index is 357. The van der Waals surface area contributed by atoms with E-state index in [-0.39, 0.29) is 11.9 Å². The zero-order chi connectivity index (χ0) is 11.4. The molecule has 88 valence electrons. The summed E-state index contributed by atoms with van der Waals surface area (Å²) in [7, 11) is 0. The molecule has 3 N–H and O–H groups in total. The van der Waals surface area contributed by atoms with Gasteiger partial charge in [-0.05, 0) is 6.42 Å². The Kier molecular flexibility index (Phi) is 3.53. The number of morpholine rings is 1. The summed E-state index contributed by atoms with van der Waals surface area (Å²) in [5.74, 6) is 0.461. The lowest BCUT2D eigenvalue weighted by Crippen LogP contribution is -2.48. The fourth-order valence-corrected chi connectivity index (χ4v) is 1.55. The summed E-state index contributed by atoms with van der Waals surface area (Å²) in [5.41, 5.74) is 1.00. The topological polar surface area (TPSA) is 79.0 Å². The molecule has 1 aliphatic heterocycles.